The van der Waals surface area contributed by atoms with E-state index in [1.807, 2.05) is 24.3 Å². The van der Waals surface area contributed by atoms with Crippen molar-refractivity contribution < 1.29 is 18.7 Å². The molecule has 0 aliphatic rings. The van der Waals surface area contributed by atoms with E-state index in [4.69, 9.17) is 25.5 Å². The first kappa shape index (κ1) is 17.8. The fraction of sp³-hybridized carbons (Fsp3) is 0.100. The van der Waals surface area contributed by atoms with E-state index < -0.39 is 5.97 Å². The summed E-state index contributed by atoms with van der Waals surface area (Å²) in [7, 11) is 2.94. The topological polar surface area (TPSA) is 61.0 Å². The maximum atomic E-state index is 11.9. The summed E-state index contributed by atoms with van der Waals surface area (Å²) in [6.07, 6.45) is 1.60. The fourth-order valence-electron chi connectivity index (χ4n) is 2.38. The zero-order chi connectivity index (χ0) is 18.5. The Bertz CT molecular complexity index is 945. The van der Waals surface area contributed by atoms with Gasteiger partial charge in [0.05, 0.1) is 31.7 Å². The standard InChI is InChI=1S/C20H16ClNO4/c1-24-15-6-4-14(5-7-15)22-12-16-8-10-19(26-16)18-11-13(21)3-9-17(18)20(23)25-2/h3-12H,1-2H3. The Morgan fingerprint density at radius 1 is 1.08 bits per heavy atom. The molecule has 26 heavy (non-hydrogen) atoms. The van der Waals surface area contributed by atoms with Gasteiger partial charge in [-0.1, -0.05) is 11.6 Å². The molecule has 0 saturated heterocycles. The summed E-state index contributed by atoms with van der Waals surface area (Å²) in [6, 6.07) is 15.8. The highest BCUT2D eigenvalue weighted by atomic mass is 35.5. The van der Waals surface area contributed by atoms with Crippen molar-refractivity contribution in [2.24, 2.45) is 4.99 Å². The largest absolute Gasteiger partial charge is 0.497 e. The third kappa shape index (κ3) is 3.95. The number of carbonyl (C=O) groups excluding carboxylic acids is 1. The van der Waals surface area contributed by atoms with Crippen LogP contribution < -0.4 is 4.74 Å². The van der Waals surface area contributed by atoms with Gasteiger partial charge in [0.15, 0.2) is 0 Å². The van der Waals surface area contributed by atoms with Crippen LogP contribution >= 0.6 is 11.6 Å². The number of esters is 1. The number of nitrogens with zero attached hydrogens (tertiary/aromatic N) is 1. The Kier molecular flexibility index (Phi) is 5.39. The summed E-state index contributed by atoms with van der Waals surface area (Å²) < 4.78 is 15.7. The predicted octanol–water partition coefficient (Wildman–Crippen LogP) is 5.15. The highest BCUT2D eigenvalue weighted by molar-refractivity contribution is 6.31. The molecule has 0 radical (unpaired) electrons. The molecular weight excluding hydrogens is 354 g/mol. The molecule has 132 valence electrons. The molecule has 3 aromatic rings. The average molecular weight is 370 g/mol. The lowest BCUT2D eigenvalue weighted by molar-refractivity contribution is 0.0601. The molecule has 0 atom stereocenters. The number of benzene rings is 2. The van der Waals surface area contributed by atoms with Crippen LogP contribution in [0.2, 0.25) is 5.02 Å². The van der Waals surface area contributed by atoms with Gasteiger partial charge in [0, 0.05) is 10.6 Å². The minimum Gasteiger partial charge on any atom is -0.497 e. The first-order valence-corrected chi connectivity index (χ1v) is 8.14. The number of hydrogen-bond donors (Lipinski definition) is 0. The van der Waals surface area contributed by atoms with Gasteiger partial charge in [0.2, 0.25) is 0 Å². The molecule has 0 bridgehead atoms. The monoisotopic (exact) mass is 369 g/mol. The highest BCUT2D eigenvalue weighted by Gasteiger charge is 2.16. The third-order valence-corrected chi connectivity index (χ3v) is 3.93. The Morgan fingerprint density at radius 3 is 2.54 bits per heavy atom. The third-order valence-electron chi connectivity index (χ3n) is 3.69. The van der Waals surface area contributed by atoms with Gasteiger partial charge in [-0.3, -0.25) is 4.99 Å². The van der Waals surface area contributed by atoms with E-state index in [0.29, 0.717) is 27.7 Å². The van der Waals surface area contributed by atoms with E-state index in [-0.39, 0.29) is 0 Å². The van der Waals surface area contributed by atoms with Gasteiger partial charge in [0.1, 0.15) is 17.3 Å². The van der Waals surface area contributed by atoms with Crippen LogP contribution in [-0.4, -0.2) is 26.4 Å². The van der Waals surface area contributed by atoms with Crippen LogP contribution in [0.3, 0.4) is 0 Å². The van der Waals surface area contributed by atoms with Crippen LogP contribution in [0.5, 0.6) is 5.75 Å². The van der Waals surface area contributed by atoms with Gasteiger partial charge in [-0.15, -0.1) is 0 Å². The van der Waals surface area contributed by atoms with Crippen LogP contribution in [-0.2, 0) is 4.74 Å². The molecule has 6 heteroatoms. The summed E-state index contributed by atoms with van der Waals surface area (Å²) >= 11 is 6.06. The van der Waals surface area contributed by atoms with Crippen molar-refractivity contribution in [1.82, 2.24) is 0 Å². The molecular formula is C20H16ClNO4. The molecule has 0 spiro atoms. The average Bonchev–Trinajstić information content (AvgIpc) is 3.15. The van der Waals surface area contributed by atoms with Crippen LogP contribution in [0.15, 0.2) is 64.0 Å². The van der Waals surface area contributed by atoms with Crippen molar-refractivity contribution in [2.75, 3.05) is 14.2 Å². The molecule has 0 aliphatic carbocycles. The Labute approximate surface area is 155 Å². The number of ether oxygens (including phenoxy) is 2. The van der Waals surface area contributed by atoms with Gasteiger partial charge < -0.3 is 13.9 Å². The SMILES string of the molecule is COC(=O)c1ccc(Cl)cc1-c1ccc(C=Nc2ccc(OC)cc2)o1. The normalized spacial score (nSPS) is 10.9. The van der Waals surface area contributed by atoms with Crippen molar-refractivity contribution in [2.45, 2.75) is 0 Å². The molecule has 3 rings (SSSR count). The lowest BCUT2D eigenvalue weighted by Gasteiger charge is -2.06. The van der Waals surface area contributed by atoms with Crippen molar-refractivity contribution in [3.8, 4) is 17.1 Å². The second-order valence-electron chi connectivity index (χ2n) is 5.34. The smallest absolute Gasteiger partial charge is 0.338 e. The fourth-order valence-corrected chi connectivity index (χ4v) is 2.55. The zero-order valence-electron chi connectivity index (χ0n) is 14.2. The lowest BCUT2D eigenvalue weighted by atomic mass is 10.1. The lowest BCUT2D eigenvalue weighted by Crippen LogP contribution is -2.03. The van der Waals surface area contributed by atoms with Crippen molar-refractivity contribution in [3.63, 3.8) is 0 Å². The summed E-state index contributed by atoms with van der Waals surface area (Å²) in [5.74, 6) is 1.36. The molecule has 0 saturated carbocycles. The molecule has 0 aliphatic heterocycles. The van der Waals surface area contributed by atoms with Gasteiger partial charge in [-0.25, -0.2) is 4.79 Å². The van der Waals surface area contributed by atoms with E-state index >= 15 is 0 Å². The highest BCUT2D eigenvalue weighted by Crippen LogP contribution is 2.29. The number of hydrogen-bond acceptors (Lipinski definition) is 5. The predicted molar refractivity (Wildman–Crippen MR) is 101 cm³/mol. The first-order chi connectivity index (χ1) is 12.6. The zero-order valence-corrected chi connectivity index (χ0v) is 15.0. The first-order valence-electron chi connectivity index (χ1n) is 7.77. The van der Waals surface area contributed by atoms with Gasteiger partial charge in [-0.2, -0.15) is 0 Å². The maximum absolute atomic E-state index is 11.9. The number of rotatable bonds is 5. The van der Waals surface area contributed by atoms with Crippen molar-refractivity contribution in [3.05, 3.63) is 70.9 Å². The van der Waals surface area contributed by atoms with E-state index in [1.165, 1.54) is 7.11 Å². The van der Waals surface area contributed by atoms with Gasteiger partial charge in [-0.05, 0) is 54.6 Å². The molecule has 5 nitrogen and oxygen atoms in total. The van der Waals surface area contributed by atoms with Gasteiger partial charge in [0.25, 0.3) is 0 Å². The minimum absolute atomic E-state index is 0.380. The maximum Gasteiger partial charge on any atom is 0.338 e. The Hall–Kier alpha value is -3.05. The van der Waals surface area contributed by atoms with Crippen LogP contribution in [0.25, 0.3) is 11.3 Å². The molecule has 0 fully saturated rings. The van der Waals surface area contributed by atoms with E-state index in [1.54, 1.807) is 43.7 Å². The van der Waals surface area contributed by atoms with Crippen LogP contribution in [0.4, 0.5) is 5.69 Å². The number of carbonyl (C=O) groups is 1. The second-order valence-corrected chi connectivity index (χ2v) is 5.78. The molecule has 0 unspecified atom stereocenters. The Balaban J connectivity index is 1.87. The summed E-state index contributed by atoms with van der Waals surface area (Å²) in [4.78, 5) is 16.3. The molecule has 1 heterocycles. The van der Waals surface area contributed by atoms with E-state index in [9.17, 15) is 4.79 Å². The van der Waals surface area contributed by atoms with E-state index in [2.05, 4.69) is 4.99 Å². The minimum atomic E-state index is -0.457. The van der Waals surface area contributed by atoms with Gasteiger partial charge >= 0.3 is 5.97 Å². The van der Waals surface area contributed by atoms with Crippen molar-refractivity contribution >= 4 is 29.5 Å². The number of furan rings is 1. The summed E-state index contributed by atoms with van der Waals surface area (Å²) in [5.41, 5.74) is 1.71. The van der Waals surface area contributed by atoms with Crippen LogP contribution in [0.1, 0.15) is 16.1 Å². The quantitative estimate of drug-likeness (QED) is 0.461. The summed E-state index contributed by atoms with van der Waals surface area (Å²) in [5, 5.41) is 0.498. The molecule has 1 aromatic heterocycles. The van der Waals surface area contributed by atoms with Crippen molar-refractivity contribution in [1.29, 1.82) is 0 Å². The molecule has 0 N–H and O–H groups in total. The molecule has 0 amide bonds. The van der Waals surface area contributed by atoms with Crippen LogP contribution in [0, 0.1) is 0 Å². The number of methoxy groups -OCH3 is 2. The second kappa shape index (κ2) is 7.89. The Morgan fingerprint density at radius 2 is 1.85 bits per heavy atom. The van der Waals surface area contributed by atoms with E-state index in [0.717, 1.165) is 11.4 Å². The number of aliphatic imine (C=N–C) groups is 1. The summed E-state index contributed by atoms with van der Waals surface area (Å²) in [6.45, 7) is 0. The number of halogens is 1. The molecule has 2 aromatic carbocycles.